The first-order valence-corrected chi connectivity index (χ1v) is 3.01. The Morgan fingerprint density at radius 2 is 2.20 bits per heavy atom. The molecule has 0 atom stereocenters. The van der Waals surface area contributed by atoms with Gasteiger partial charge in [0.1, 0.15) is 0 Å². The quantitative estimate of drug-likeness (QED) is 0.297. The summed E-state index contributed by atoms with van der Waals surface area (Å²) < 4.78 is 0. The molecule has 0 radical (unpaired) electrons. The summed E-state index contributed by atoms with van der Waals surface area (Å²) in [7, 11) is 0. The summed E-state index contributed by atoms with van der Waals surface area (Å²) in [6.45, 7) is 0.510. The van der Waals surface area contributed by atoms with Gasteiger partial charge in [0.15, 0.2) is 0 Å². The lowest BCUT2D eigenvalue weighted by atomic mass is 10.3. The highest BCUT2D eigenvalue weighted by Crippen LogP contribution is 1.83. The second-order valence-corrected chi connectivity index (χ2v) is 1.74. The summed E-state index contributed by atoms with van der Waals surface area (Å²) in [6.07, 6.45) is 0.440. The van der Waals surface area contributed by atoms with Crippen LogP contribution in [0.4, 0.5) is 4.79 Å². The molecule has 0 saturated carbocycles. The normalized spacial score (nSPS) is 9.00. The van der Waals surface area contributed by atoms with Crippen LogP contribution in [0.1, 0.15) is 12.8 Å². The van der Waals surface area contributed by atoms with E-state index in [1.54, 1.807) is 0 Å². The fourth-order valence-corrected chi connectivity index (χ4v) is 0.460. The van der Waals surface area contributed by atoms with Crippen LogP contribution in [0.3, 0.4) is 0 Å². The van der Waals surface area contributed by atoms with Gasteiger partial charge in [0.05, 0.1) is 0 Å². The molecular formula is C5H11NO4. The van der Waals surface area contributed by atoms with E-state index in [1.165, 1.54) is 0 Å². The molecule has 5 heteroatoms. The maximum absolute atomic E-state index is 10.1. The lowest BCUT2D eigenvalue weighted by molar-refractivity contribution is -0.177. The van der Waals surface area contributed by atoms with E-state index in [4.69, 9.17) is 10.4 Å². The predicted octanol–water partition coefficient (Wildman–Crippen LogP) is -0.0419. The third-order valence-corrected chi connectivity index (χ3v) is 0.937. The van der Waals surface area contributed by atoms with Gasteiger partial charge >= 0.3 is 6.09 Å². The van der Waals surface area contributed by atoms with Crippen molar-refractivity contribution in [1.29, 1.82) is 0 Å². The molecule has 10 heavy (non-hydrogen) atoms. The third kappa shape index (κ3) is 5.33. The molecule has 0 saturated heterocycles. The Bertz CT molecular complexity index is 95.6. The monoisotopic (exact) mass is 149 g/mol. The predicted molar refractivity (Wildman–Crippen MR) is 33.4 cm³/mol. The lowest BCUT2D eigenvalue weighted by Crippen LogP contribution is -2.24. The van der Waals surface area contributed by atoms with E-state index in [1.807, 2.05) is 0 Å². The van der Waals surface area contributed by atoms with E-state index >= 15 is 0 Å². The maximum Gasteiger partial charge on any atom is 0.438 e. The molecule has 0 aromatic carbocycles. The summed E-state index contributed by atoms with van der Waals surface area (Å²) in [4.78, 5) is 13.4. The highest BCUT2D eigenvalue weighted by atomic mass is 17.1. The Hall–Kier alpha value is -0.810. The minimum absolute atomic E-state index is 0.107. The van der Waals surface area contributed by atoms with Crippen LogP contribution in [0.25, 0.3) is 0 Å². The van der Waals surface area contributed by atoms with E-state index in [9.17, 15) is 4.79 Å². The van der Waals surface area contributed by atoms with Crippen LogP contribution in [0.5, 0.6) is 0 Å². The Morgan fingerprint density at radius 1 is 1.50 bits per heavy atom. The van der Waals surface area contributed by atoms with E-state index in [0.717, 1.165) is 0 Å². The fraction of sp³-hybridized carbons (Fsp3) is 0.800. The molecule has 1 amide bonds. The van der Waals surface area contributed by atoms with Gasteiger partial charge in [0, 0.05) is 13.2 Å². The third-order valence-electron chi connectivity index (χ3n) is 0.937. The largest absolute Gasteiger partial charge is 0.438 e. The zero-order chi connectivity index (χ0) is 7.82. The Balaban J connectivity index is 2.96. The van der Waals surface area contributed by atoms with Gasteiger partial charge in [-0.15, -0.1) is 0 Å². The van der Waals surface area contributed by atoms with E-state index in [0.29, 0.717) is 19.4 Å². The van der Waals surface area contributed by atoms with E-state index in [2.05, 4.69) is 10.2 Å². The van der Waals surface area contributed by atoms with Crippen molar-refractivity contribution in [1.82, 2.24) is 5.32 Å². The number of hydrogen-bond acceptors (Lipinski definition) is 4. The number of carbonyl (C=O) groups excluding carboxylic acids is 1. The molecule has 0 spiro atoms. The molecule has 0 aliphatic rings. The topological polar surface area (TPSA) is 78.8 Å². The molecule has 5 nitrogen and oxygen atoms in total. The zero-order valence-electron chi connectivity index (χ0n) is 5.54. The smallest absolute Gasteiger partial charge is 0.396 e. The van der Waals surface area contributed by atoms with Crippen LogP contribution in [0, 0.1) is 0 Å². The first-order chi connectivity index (χ1) is 4.81. The summed E-state index contributed by atoms with van der Waals surface area (Å²) in [5, 5.41) is 18.3. The Labute approximate surface area is 58.5 Å². The molecule has 3 N–H and O–H groups in total. The minimum atomic E-state index is -0.863. The van der Waals surface area contributed by atoms with Crippen molar-refractivity contribution in [2.45, 2.75) is 12.8 Å². The van der Waals surface area contributed by atoms with Crippen LogP contribution in [0.2, 0.25) is 0 Å². The summed E-state index contributed by atoms with van der Waals surface area (Å²) in [5.74, 6) is 0. The van der Waals surface area contributed by atoms with Gasteiger partial charge < -0.3 is 10.4 Å². The zero-order valence-corrected chi connectivity index (χ0v) is 5.54. The molecule has 60 valence electrons. The van der Waals surface area contributed by atoms with Crippen LogP contribution in [-0.4, -0.2) is 29.6 Å². The number of carbonyl (C=O) groups is 1. The summed E-state index contributed by atoms with van der Waals surface area (Å²) in [6, 6.07) is 0. The van der Waals surface area contributed by atoms with Crippen molar-refractivity contribution < 1.29 is 20.0 Å². The standard InChI is InChI=1S/C5H11NO4/c7-4-2-1-3-6-5(8)10-9/h7,9H,1-4H2,(H,6,8). The van der Waals surface area contributed by atoms with Crippen LogP contribution in [-0.2, 0) is 4.89 Å². The SMILES string of the molecule is O=C(NCCCCO)OO. The second-order valence-electron chi connectivity index (χ2n) is 1.74. The molecular weight excluding hydrogens is 138 g/mol. The van der Waals surface area contributed by atoms with Gasteiger partial charge in [0.25, 0.3) is 0 Å². The number of nitrogens with one attached hydrogen (secondary N) is 1. The number of rotatable bonds is 4. The number of hydrogen-bond donors (Lipinski definition) is 3. The van der Waals surface area contributed by atoms with Gasteiger partial charge in [0.2, 0.25) is 0 Å². The van der Waals surface area contributed by atoms with Crippen molar-refractivity contribution >= 4 is 6.09 Å². The van der Waals surface area contributed by atoms with Crippen molar-refractivity contribution in [3.63, 3.8) is 0 Å². The van der Waals surface area contributed by atoms with Crippen molar-refractivity contribution in [2.75, 3.05) is 13.2 Å². The molecule has 0 heterocycles. The van der Waals surface area contributed by atoms with E-state index in [-0.39, 0.29) is 6.61 Å². The highest BCUT2D eigenvalue weighted by Gasteiger charge is 1.96. The maximum atomic E-state index is 10.1. The Morgan fingerprint density at radius 3 is 2.70 bits per heavy atom. The van der Waals surface area contributed by atoms with Gasteiger partial charge in [-0.05, 0) is 12.8 Å². The number of unbranched alkanes of at least 4 members (excludes halogenated alkanes) is 1. The molecule has 0 aliphatic heterocycles. The molecule has 0 unspecified atom stereocenters. The number of aliphatic hydroxyl groups excluding tert-OH is 1. The van der Waals surface area contributed by atoms with Crippen LogP contribution in [0.15, 0.2) is 0 Å². The second kappa shape index (κ2) is 6.31. The Kier molecular flexibility index (Phi) is 5.80. The van der Waals surface area contributed by atoms with Gasteiger partial charge in [-0.2, -0.15) is 5.26 Å². The van der Waals surface area contributed by atoms with Crippen molar-refractivity contribution in [2.24, 2.45) is 0 Å². The molecule has 0 aromatic rings. The highest BCUT2D eigenvalue weighted by molar-refractivity contribution is 5.66. The minimum Gasteiger partial charge on any atom is -0.396 e. The van der Waals surface area contributed by atoms with Crippen molar-refractivity contribution in [3.05, 3.63) is 0 Å². The molecule has 0 fully saturated rings. The average molecular weight is 149 g/mol. The first kappa shape index (κ1) is 9.19. The van der Waals surface area contributed by atoms with Crippen LogP contribution < -0.4 is 5.32 Å². The van der Waals surface area contributed by atoms with Crippen molar-refractivity contribution in [3.8, 4) is 0 Å². The average Bonchev–Trinajstić information content (AvgIpc) is 1.98. The van der Waals surface area contributed by atoms with Gasteiger partial charge in [-0.25, -0.2) is 4.79 Å². The summed E-state index contributed by atoms with van der Waals surface area (Å²) in [5.41, 5.74) is 0. The van der Waals surface area contributed by atoms with Crippen LogP contribution >= 0.6 is 0 Å². The number of aliphatic hydroxyl groups is 1. The lowest BCUT2D eigenvalue weighted by Gasteiger charge is -1.99. The van der Waals surface area contributed by atoms with Gasteiger partial charge in [-0.1, -0.05) is 0 Å². The molecule has 0 rings (SSSR count). The molecule has 0 bridgehead atoms. The number of amides is 1. The molecule has 0 aromatic heterocycles. The molecule has 0 aliphatic carbocycles. The fourth-order valence-electron chi connectivity index (χ4n) is 0.460. The van der Waals surface area contributed by atoms with Gasteiger partial charge in [-0.3, -0.25) is 4.89 Å². The van der Waals surface area contributed by atoms with E-state index < -0.39 is 6.09 Å². The first-order valence-electron chi connectivity index (χ1n) is 3.01. The summed E-state index contributed by atoms with van der Waals surface area (Å²) >= 11 is 0.